The van der Waals surface area contributed by atoms with Gasteiger partial charge in [-0.15, -0.1) is 0 Å². The summed E-state index contributed by atoms with van der Waals surface area (Å²) in [7, 11) is 5.55. The van der Waals surface area contributed by atoms with Crippen molar-refractivity contribution in [3.8, 4) is 22.8 Å². The van der Waals surface area contributed by atoms with Crippen molar-refractivity contribution < 1.29 is 14.3 Å². The van der Waals surface area contributed by atoms with Crippen LogP contribution in [0.5, 0.6) is 11.5 Å². The van der Waals surface area contributed by atoms with Crippen LogP contribution in [0.2, 0.25) is 0 Å². The Balaban J connectivity index is 1.39. The van der Waals surface area contributed by atoms with E-state index in [9.17, 15) is 4.79 Å². The molecule has 2 N–H and O–H groups in total. The summed E-state index contributed by atoms with van der Waals surface area (Å²) in [6, 6.07) is 23.2. The molecule has 0 saturated carbocycles. The first-order valence-corrected chi connectivity index (χ1v) is 11.5. The Hall–Kier alpha value is -4.59. The number of carbonyl (C=O) groups excluding carboxylic acids is 1. The minimum atomic E-state index is -0.389. The average Bonchev–Trinajstić information content (AvgIpc) is 3.39. The van der Waals surface area contributed by atoms with Crippen molar-refractivity contribution in [3.63, 3.8) is 0 Å². The number of amides is 1. The van der Waals surface area contributed by atoms with Crippen molar-refractivity contribution in [2.24, 2.45) is 5.10 Å². The molecule has 4 rings (SSSR count). The van der Waals surface area contributed by atoms with Gasteiger partial charge in [0.2, 0.25) is 0 Å². The number of rotatable bonds is 9. The van der Waals surface area contributed by atoms with E-state index in [0.717, 1.165) is 22.4 Å². The molecule has 0 bridgehead atoms. The Morgan fingerprint density at radius 3 is 2.47 bits per heavy atom. The summed E-state index contributed by atoms with van der Waals surface area (Å²) >= 11 is 0. The SMILES string of the molecule is COc1cc(-c2cc(C(=O)N/N=C/c3ccc(N(C)C)cc3)[nH]n2)ccc1OCc1ccc(C)cc1. The maximum Gasteiger partial charge on any atom is 0.289 e. The lowest BCUT2D eigenvalue weighted by atomic mass is 10.1. The molecule has 0 unspecified atom stereocenters. The number of methoxy groups -OCH3 is 1. The first kappa shape index (κ1) is 24.5. The highest BCUT2D eigenvalue weighted by molar-refractivity contribution is 5.94. The summed E-state index contributed by atoms with van der Waals surface area (Å²) in [5.41, 5.74) is 8.45. The number of nitrogens with one attached hydrogen (secondary N) is 2. The quantitative estimate of drug-likeness (QED) is 0.264. The molecule has 0 aliphatic rings. The van der Waals surface area contributed by atoms with E-state index in [0.29, 0.717) is 29.5 Å². The molecule has 0 spiro atoms. The van der Waals surface area contributed by atoms with E-state index in [4.69, 9.17) is 9.47 Å². The monoisotopic (exact) mass is 483 g/mol. The number of hydrazone groups is 1. The second kappa shape index (κ2) is 11.2. The first-order chi connectivity index (χ1) is 17.4. The fraction of sp³-hybridized carbons (Fsp3) is 0.179. The van der Waals surface area contributed by atoms with Crippen LogP contribution in [-0.2, 0) is 6.61 Å². The lowest BCUT2D eigenvalue weighted by Gasteiger charge is -2.12. The second-order valence-electron chi connectivity index (χ2n) is 8.49. The van der Waals surface area contributed by atoms with Crippen molar-refractivity contribution in [1.29, 1.82) is 0 Å². The summed E-state index contributed by atoms with van der Waals surface area (Å²) < 4.78 is 11.5. The summed E-state index contributed by atoms with van der Waals surface area (Å²) in [4.78, 5) is 14.5. The van der Waals surface area contributed by atoms with Gasteiger partial charge in [0.05, 0.1) is 19.0 Å². The van der Waals surface area contributed by atoms with Gasteiger partial charge in [-0.05, 0) is 54.4 Å². The highest BCUT2D eigenvalue weighted by Gasteiger charge is 2.13. The van der Waals surface area contributed by atoms with Crippen molar-refractivity contribution in [3.05, 3.63) is 95.2 Å². The number of carbonyl (C=O) groups is 1. The van der Waals surface area contributed by atoms with E-state index in [2.05, 4.69) is 39.8 Å². The topological polar surface area (TPSA) is 91.8 Å². The van der Waals surface area contributed by atoms with Gasteiger partial charge in [-0.25, -0.2) is 5.43 Å². The van der Waals surface area contributed by atoms with E-state index in [1.807, 2.05) is 73.6 Å². The standard InChI is InChI=1S/C28H29N5O3/c1-19-5-7-21(8-6-19)18-36-26-14-11-22(15-27(26)35-4)24-16-25(31-30-24)28(34)32-29-17-20-9-12-23(13-10-20)33(2)3/h5-17H,18H2,1-4H3,(H,30,31)(H,32,34)/b29-17+. The van der Waals surface area contributed by atoms with Gasteiger partial charge in [-0.2, -0.15) is 10.2 Å². The number of aryl methyl sites for hydroxylation is 1. The fourth-order valence-corrected chi connectivity index (χ4v) is 3.46. The number of ether oxygens (including phenoxy) is 2. The van der Waals surface area contributed by atoms with Gasteiger partial charge in [0, 0.05) is 25.3 Å². The largest absolute Gasteiger partial charge is 0.493 e. The number of hydrogen-bond acceptors (Lipinski definition) is 6. The second-order valence-corrected chi connectivity index (χ2v) is 8.49. The smallest absolute Gasteiger partial charge is 0.289 e. The molecule has 8 heteroatoms. The van der Waals surface area contributed by atoms with Gasteiger partial charge >= 0.3 is 0 Å². The molecular weight excluding hydrogens is 454 g/mol. The van der Waals surface area contributed by atoms with Crippen LogP contribution >= 0.6 is 0 Å². The molecule has 0 saturated heterocycles. The highest BCUT2D eigenvalue weighted by Crippen LogP contribution is 2.32. The van der Waals surface area contributed by atoms with E-state index >= 15 is 0 Å². The molecule has 0 fully saturated rings. The van der Waals surface area contributed by atoms with Crippen LogP contribution in [0, 0.1) is 6.92 Å². The predicted molar refractivity (Wildman–Crippen MR) is 142 cm³/mol. The highest BCUT2D eigenvalue weighted by atomic mass is 16.5. The number of hydrogen-bond donors (Lipinski definition) is 2. The molecule has 4 aromatic rings. The number of nitrogens with zero attached hydrogens (tertiary/aromatic N) is 3. The first-order valence-electron chi connectivity index (χ1n) is 11.5. The number of aromatic amines is 1. The lowest BCUT2D eigenvalue weighted by molar-refractivity contribution is 0.0950. The van der Waals surface area contributed by atoms with Crippen LogP contribution in [0.1, 0.15) is 27.2 Å². The summed E-state index contributed by atoms with van der Waals surface area (Å²) in [6.07, 6.45) is 1.59. The Bertz CT molecular complexity index is 1340. The summed E-state index contributed by atoms with van der Waals surface area (Å²) in [5.74, 6) is 0.821. The van der Waals surface area contributed by atoms with Crippen LogP contribution < -0.4 is 19.8 Å². The summed E-state index contributed by atoms with van der Waals surface area (Å²) in [6.45, 7) is 2.48. The minimum Gasteiger partial charge on any atom is -0.493 e. The Labute approximate surface area is 210 Å². The molecule has 1 heterocycles. The molecule has 0 atom stereocenters. The maximum absolute atomic E-state index is 12.5. The number of aromatic nitrogens is 2. The number of anilines is 1. The zero-order valence-electron chi connectivity index (χ0n) is 20.8. The van der Waals surface area contributed by atoms with Crippen LogP contribution in [-0.4, -0.2) is 43.5 Å². The van der Waals surface area contributed by atoms with E-state index in [1.165, 1.54) is 5.56 Å². The molecule has 1 amide bonds. The fourth-order valence-electron chi connectivity index (χ4n) is 3.46. The summed E-state index contributed by atoms with van der Waals surface area (Å²) in [5, 5.41) is 11.1. The van der Waals surface area contributed by atoms with Crippen molar-refractivity contribution in [1.82, 2.24) is 15.6 Å². The molecule has 36 heavy (non-hydrogen) atoms. The number of benzene rings is 3. The van der Waals surface area contributed by atoms with E-state index in [-0.39, 0.29) is 5.91 Å². The van der Waals surface area contributed by atoms with Gasteiger partial charge in [0.25, 0.3) is 5.91 Å². The van der Waals surface area contributed by atoms with Crippen molar-refractivity contribution in [2.75, 3.05) is 26.1 Å². The maximum atomic E-state index is 12.5. The van der Waals surface area contributed by atoms with Crippen molar-refractivity contribution in [2.45, 2.75) is 13.5 Å². The van der Waals surface area contributed by atoms with E-state index in [1.54, 1.807) is 19.4 Å². The van der Waals surface area contributed by atoms with Crippen LogP contribution in [0.3, 0.4) is 0 Å². The van der Waals surface area contributed by atoms with Gasteiger partial charge in [-0.3, -0.25) is 9.89 Å². The van der Waals surface area contributed by atoms with Crippen LogP contribution in [0.4, 0.5) is 5.69 Å². The molecular formula is C28H29N5O3. The number of H-pyrrole nitrogens is 1. The van der Waals surface area contributed by atoms with Gasteiger partial charge in [0.1, 0.15) is 12.3 Å². The molecule has 8 nitrogen and oxygen atoms in total. The van der Waals surface area contributed by atoms with Gasteiger partial charge < -0.3 is 14.4 Å². The Morgan fingerprint density at radius 2 is 1.78 bits per heavy atom. The Morgan fingerprint density at radius 1 is 1.03 bits per heavy atom. The molecule has 0 aliphatic heterocycles. The molecule has 0 aliphatic carbocycles. The Kier molecular flexibility index (Phi) is 7.65. The third-order valence-corrected chi connectivity index (χ3v) is 5.59. The third kappa shape index (κ3) is 6.09. The zero-order chi connectivity index (χ0) is 25.5. The van der Waals surface area contributed by atoms with Gasteiger partial charge in [-0.1, -0.05) is 42.0 Å². The molecule has 1 aromatic heterocycles. The molecule has 184 valence electrons. The normalized spacial score (nSPS) is 10.9. The van der Waals surface area contributed by atoms with Crippen LogP contribution in [0.25, 0.3) is 11.3 Å². The minimum absolute atomic E-state index is 0.295. The lowest BCUT2D eigenvalue weighted by Crippen LogP contribution is -2.18. The third-order valence-electron chi connectivity index (χ3n) is 5.59. The predicted octanol–water partition coefficient (Wildman–Crippen LogP) is 4.80. The van der Waals surface area contributed by atoms with Crippen molar-refractivity contribution >= 4 is 17.8 Å². The molecule has 3 aromatic carbocycles. The molecule has 0 radical (unpaired) electrons. The van der Waals surface area contributed by atoms with Gasteiger partial charge in [0.15, 0.2) is 11.5 Å². The van der Waals surface area contributed by atoms with E-state index < -0.39 is 0 Å². The van der Waals surface area contributed by atoms with Crippen LogP contribution in [0.15, 0.2) is 77.9 Å². The zero-order valence-corrected chi connectivity index (χ0v) is 20.8. The average molecular weight is 484 g/mol.